The van der Waals surface area contributed by atoms with Crippen molar-refractivity contribution >= 4 is 51.4 Å². The van der Waals surface area contributed by atoms with E-state index in [9.17, 15) is 22.8 Å². The highest BCUT2D eigenvalue weighted by Gasteiger charge is 2.37. The highest BCUT2D eigenvalue weighted by Crippen LogP contribution is 2.35. The molecule has 2 aliphatic heterocycles. The molecule has 3 aromatic rings. The average molecular weight is 521 g/mol. The number of hydrogen-bond donors (Lipinski definition) is 1. The maximum absolute atomic E-state index is 13.5. The number of Topliss-reactive ketones (excluding diaryl/α,β-unsaturated/α-hetero) is 1. The number of amides is 1. The third-order valence-corrected chi connectivity index (χ3v) is 7.27. The molecule has 0 spiro atoms. The van der Waals surface area contributed by atoms with Crippen molar-refractivity contribution in [1.82, 2.24) is 20.0 Å². The molecule has 3 heterocycles. The Labute approximate surface area is 208 Å². The summed E-state index contributed by atoms with van der Waals surface area (Å²) >= 11 is 6.90. The summed E-state index contributed by atoms with van der Waals surface area (Å²) in [5.41, 5.74) is 0.821. The quantitative estimate of drug-likeness (QED) is 0.512. The predicted molar refractivity (Wildman–Crippen MR) is 129 cm³/mol. The first-order valence-electron chi connectivity index (χ1n) is 10.9. The number of benzene rings is 2. The summed E-state index contributed by atoms with van der Waals surface area (Å²) in [6.45, 7) is 1.30. The van der Waals surface area contributed by atoms with Crippen LogP contribution in [0.4, 0.5) is 18.0 Å². The summed E-state index contributed by atoms with van der Waals surface area (Å²) < 4.78 is 41.9. The van der Waals surface area contributed by atoms with Gasteiger partial charge in [0.1, 0.15) is 0 Å². The van der Waals surface area contributed by atoms with Gasteiger partial charge in [0, 0.05) is 15.3 Å². The van der Waals surface area contributed by atoms with Gasteiger partial charge in [-0.1, -0.05) is 23.7 Å². The topological polar surface area (TPSA) is 67.2 Å². The van der Waals surface area contributed by atoms with Gasteiger partial charge < -0.3 is 10.2 Å². The summed E-state index contributed by atoms with van der Waals surface area (Å²) in [6.07, 6.45) is -0.419. The number of nitrogens with one attached hydrogen (secondary N) is 1. The van der Waals surface area contributed by atoms with E-state index >= 15 is 0 Å². The monoisotopic (exact) mass is 520 g/mol. The lowest BCUT2D eigenvalue weighted by Crippen LogP contribution is -2.50. The molecule has 0 saturated carbocycles. The molecule has 0 bridgehead atoms. The van der Waals surface area contributed by atoms with Gasteiger partial charge in [-0.3, -0.25) is 14.3 Å². The minimum absolute atomic E-state index is 0.0228. The standard InChI is InChI=1S/C24H20ClF3N4O2S/c25-17-3-2-15(19(9-17)24(26,27)28)12-32-20-4-1-14(7-16(20)10-30-32)8-18-13-31(23(34)35-18)21-5-6-29-11-22(21)33/h1-4,7-10,21,29H,5-6,11-13H2/b18-8-. The second-order valence-corrected chi connectivity index (χ2v) is 9.99. The number of rotatable bonds is 4. The maximum atomic E-state index is 13.5. The fraction of sp³-hybridized carbons (Fsp3) is 0.292. The number of aromatic nitrogens is 2. The third kappa shape index (κ3) is 4.96. The van der Waals surface area contributed by atoms with Crippen molar-refractivity contribution in [3.63, 3.8) is 0 Å². The molecule has 0 aliphatic carbocycles. The normalized spacial score (nSPS) is 20.4. The zero-order valence-electron chi connectivity index (χ0n) is 18.3. The fourth-order valence-electron chi connectivity index (χ4n) is 4.43. The van der Waals surface area contributed by atoms with E-state index in [-0.39, 0.29) is 34.7 Å². The Morgan fingerprint density at radius 1 is 1.20 bits per heavy atom. The van der Waals surface area contributed by atoms with Crippen LogP contribution in [0.15, 0.2) is 47.5 Å². The molecule has 35 heavy (non-hydrogen) atoms. The highest BCUT2D eigenvalue weighted by atomic mass is 35.5. The van der Waals surface area contributed by atoms with E-state index < -0.39 is 17.8 Å². The lowest BCUT2D eigenvalue weighted by atomic mass is 10.0. The molecule has 1 atom stereocenters. The van der Waals surface area contributed by atoms with Crippen molar-refractivity contribution in [2.45, 2.75) is 25.2 Å². The number of carbonyl (C=O) groups is 2. The van der Waals surface area contributed by atoms with E-state index in [1.54, 1.807) is 17.2 Å². The second-order valence-electron chi connectivity index (χ2n) is 8.47. The van der Waals surface area contributed by atoms with Gasteiger partial charge in [0.05, 0.1) is 43.0 Å². The van der Waals surface area contributed by atoms with E-state index in [1.165, 1.54) is 16.8 Å². The van der Waals surface area contributed by atoms with Crippen LogP contribution < -0.4 is 5.32 Å². The van der Waals surface area contributed by atoms with Crippen molar-refractivity contribution < 1.29 is 22.8 Å². The smallest absolute Gasteiger partial charge is 0.318 e. The Balaban J connectivity index is 1.37. The molecular formula is C24H20ClF3N4O2S. The Morgan fingerprint density at radius 2 is 2.03 bits per heavy atom. The Hall–Kier alpha value is -2.82. The minimum Gasteiger partial charge on any atom is -0.318 e. The molecule has 2 saturated heterocycles. The average Bonchev–Trinajstić information content (AvgIpc) is 3.37. The van der Waals surface area contributed by atoms with Gasteiger partial charge in [-0.25, -0.2) is 0 Å². The van der Waals surface area contributed by atoms with Crippen LogP contribution in [0, 0.1) is 0 Å². The molecule has 1 aromatic heterocycles. The van der Waals surface area contributed by atoms with Gasteiger partial charge >= 0.3 is 6.18 Å². The molecule has 11 heteroatoms. The summed E-state index contributed by atoms with van der Waals surface area (Å²) in [5.74, 6) is 0.0228. The first-order valence-corrected chi connectivity index (χ1v) is 12.1. The zero-order chi connectivity index (χ0) is 24.7. The van der Waals surface area contributed by atoms with Gasteiger partial charge in [-0.15, -0.1) is 0 Å². The van der Waals surface area contributed by atoms with E-state index in [2.05, 4.69) is 10.4 Å². The molecule has 1 unspecified atom stereocenters. The van der Waals surface area contributed by atoms with Crippen LogP contribution >= 0.6 is 23.4 Å². The molecule has 2 aromatic carbocycles. The van der Waals surface area contributed by atoms with Gasteiger partial charge in [-0.05, 0) is 66.2 Å². The molecule has 0 radical (unpaired) electrons. The fourth-order valence-corrected chi connectivity index (χ4v) is 5.53. The SMILES string of the molecule is O=C1CNCCC1N1C/C(=C/c2ccc3c(cnn3Cc3ccc(Cl)cc3C(F)(F)F)c2)SC1=O. The number of piperidine rings is 1. The van der Waals surface area contributed by atoms with Gasteiger partial charge in [0.2, 0.25) is 0 Å². The van der Waals surface area contributed by atoms with Gasteiger partial charge in [0.25, 0.3) is 5.24 Å². The number of alkyl halides is 3. The van der Waals surface area contributed by atoms with Crippen LogP contribution in [0.2, 0.25) is 5.02 Å². The van der Waals surface area contributed by atoms with E-state index in [0.717, 1.165) is 33.7 Å². The van der Waals surface area contributed by atoms with E-state index in [0.29, 0.717) is 25.0 Å². The number of carbonyl (C=O) groups excluding carboxylic acids is 2. The zero-order valence-corrected chi connectivity index (χ0v) is 19.9. The van der Waals surface area contributed by atoms with Gasteiger partial charge in [0.15, 0.2) is 5.78 Å². The molecule has 182 valence electrons. The summed E-state index contributed by atoms with van der Waals surface area (Å²) in [7, 11) is 0. The van der Waals surface area contributed by atoms with E-state index in [1.807, 2.05) is 18.2 Å². The summed E-state index contributed by atoms with van der Waals surface area (Å²) in [6, 6.07) is 8.85. The molecule has 2 fully saturated rings. The molecular weight excluding hydrogens is 501 g/mol. The highest BCUT2D eigenvalue weighted by molar-refractivity contribution is 8.17. The van der Waals surface area contributed by atoms with E-state index in [4.69, 9.17) is 11.6 Å². The van der Waals surface area contributed by atoms with Crippen LogP contribution in [0.3, 0.4) is 0 Å². The second kappa shape index (κ2) is 9.33. The molecule has 6 nitrogen and oxygen atoms in total. The summed E-state index contributed by atoms with van der Waals surface area (Å²) in [5, 5.41) is 7.97. The van der Waals surface area contributed by atoms with Crippen LogP contribution in [-0.2, 0) is 17.5 Å². The van der Waals surface area contributed by atoms with Crippen molar-refractivity contribution in [3.05, 3.63) is 69.2 Å². The lowest BCUT2D eigenvalue weighted by Gasteiger charge is -2.29. The lowest BCUT2D eigenvalue weighted by molar-refractivity contribution is -0.138. The predicted octanol–water partition coefficient (Wildman–Crippen LogP) is 5.20. The molecule has 5 rings (SSSR count). The number of hydrogen-bond acceptors (Lipinski definition) is 5. The van der Waals surface area contributed by atoms with Crippen LogP contribution in [-0.4, -0.2) is 51.4 Å². The largest absolute Gasteiger partial charge is 0.416 e. The van der Waals surface area contributed by atoms with Crippen molar-refractivity contribution in [1.29, 1.82) is 0 Å². The first-order chi connectivity index (χ1) is 16.7. The third-order valence-electron chi connectivity index (χ3n) is 6.11. The summed E-state index contributed by atoms with van der Waals surface area (Å²) in [4.78, 5) is 27.2. The number of nitrogens with zero attached hydrogens (tertiary/aromatic N) is 3. The molecule has 1 amide bonds. The number of halogens is 4. The van der Waals surface area contributed by atoms with Crippen molar-refractivity contribution in [2.24, 2.45) is 0 Å². The molecule has 2 aliphatic rings. The Morgan fingerprint density at radius 3 is 2.80 bits per heavy atom. The van der Waals surface area contributed by atoms with Crippen molar-refractivity contribution in [2.75, 3.05) is 19.6 Å². The van der Waals surface area contributed by atoms with Crippen LogP contribution in [0.1, 0.15) is 23.1 Å². The first kappa shape index (κ1) is 23.9. The number of thioether (sulfide) groups is 1. The number of fused-ring (bicyclic) bond motifs is 1. The minimum atomic E-state index is -4.52. The Kier molecular flexibility index (Phi) is 6.37. The van der Waals surface area contributed by atoms with Crippen LogP contribution in [0.25, 0.3) is 17.0 Å². The molecule has 1 N–H and O–H groups in total. The van der Waals surface area contributed by atoms with Gasteiger partial charge in [-0.2, -0.15) is 18.3 Å². The number of ketones is 1. The maximum Gasteiger partial charge on any atom is 0.416 e. The van der Waals surface area contributed by atoms with Crippen molar-refractivity contribution in [3.8, 4) is 0 Å². The van der Waals surface area contributed by atoms with Crippen LogP contribution in [0.5, 0.6) is 0 Å². The Bertz CT molecular complexity index is 1350.